The molecule has 1 atom stereocenters. The van der Waals surface area contributed by atoms with E-state index >= 15 is 0 Å². The van der Waals surface area contributed by atoms with Gasteiger partial charge in [-0.25, -0.2) is 9.59 Å². The first-order chi connectivity index (χ1) is 8.77. The third-order valence-electron chi connectivity index (χ3n) is 2.38. The topological polar surface area (TPSA) is 69.6 Å². The molecule has 0 aliphatic heterocycles. The molecule has 2 N–H and O–H groups in total. The maximum absolute atomic E-state index is 12.1. The number of carbonyl (C=O) groups excluding carboxylic acids is 1. The van der Waals surface area contributed by atoms with Crippen LogP contribution < -0.4 is 5.32 Å². The first kappa shape index (κ1) is 17.3. The van der Waals surface area contributed by atoms with E-state index < -0.39 is 12.0 Å². The van der Waals surface area contributed by atoms with Gasteiger partial charge in [-0.15, -0.1) is 12.3 Å². The van der Waals surface area contributed by atoms with Crippen LogP contribution in [-0.4, -0.2) is 41.1 Å². The number of amides is 2. The fraction of sp³-hybridized carbons (Fsp3) is 0.714. The van der Waals surface area contributed by atoms with E-state index in [4.69, 9.17) is 11.5 Å². The lowest BCUT2D eigenvalue weighted by Crippen LogP contribution is -2.49. The van der Waals surface area contributed by atoms with Crippen LogP contribution in [0.5, 0.6) is 0 Å². The molecule has 19 heavy (non-hydrogen) atoms. The molecule has 0 saturated carbocycles. The number of carboxylic acids is 1. The number of urea groups is 1. The van der Waals surface area contributed by atoms with Crippen LogP contribution in [0.15, 0.2) is 0 Å². The summed E-state index contributed by atoms with van der Waals surface area (Å²) in [5.41, 5.74) is 0. The van der Waals surface area contributed by atoms with Crippen molar-refractivity contribution in [1.29, 1.82) is 0 Å². The second-order valence-corrected chi connectivity index (χ2v) is 5.44. The second-order valence-electron chi connectivity index (χ2n) is 5.44. The Morgan fingerprint density at radius 1 is 1.21 bits per heavy atom. The number of terminal acetylenes is 1. The minimum absolute atomic E-state index is 0.0156. The van der Waals surface area contributed by atoms with Crippen LogP contribution in [-0.2, 0) is 4.79 Å². The molecule has 0 radical (unpaired) electrons. The van der Waals surface area contributed by atoms with Crippen molar-refractivity contribution >= 4 is 12.0 Å². The Balaban J connectivity index is 4.69. The average molecular weight is 268 g/mol. The van der Waals surface area contributed by atoms with E-state index in [-0.39, 0.29) is 12.5 Å². The van der Waals surface area contributed by atoms with E-state index in [1.807, 2.05) is 27.7 Å². The maximum atomic E-state index is 12.1. The van der Waals surface area contributed by atoms with Gasteiger partial charge in [-0.3, -0.25) is 0 Å². The molecule has 0 bridgehead atoms. The lowest BCUT2D eigenvalue weighted by atomic mass is 10.1. The van der Waals surface area contributed by atoms with Gasteiger partial charge in [0.1, 0.15) is 6.04 Å². The summed E-state index contributed by atoms with van der Waals surface area (Å²) in [5.74, 6) is 1.79. The zero-order chi connectivity index (χ0) is 15.0. The molecule has 0 aromatic heterocycles. The molecule has 2 amide bonds. The fourth-order valence-corrected chi connectivity index (χ4v) is 1.68. The van der Waals surface area contributed by atoms with Crippen LogP contribution in [0.3, 0.4) is 0 Å². The molecule has 0 spiro atoms. The van der Waals surface area contributed by atoms with E-state index in [1.165, 1.54) is 0 Å². The summed E-state index contributed by atoms with van der Waals surface area (Å²) in [6, 6.07) is -1.40. The number of aliphatic carboxylic acids is 1. The summed E-state index contributed by atoms with van der Waals surface area (Å²) in [5, 5.41) is 11.4. The average Bonchev–Trinajstić information content (AvgIpc) is 2.25. The van der Waals surface area contributed by atoms with Crippen LogP contribution in [0, 0.1) is 24.2 Å². The summed E-state index contributed by atoms with van der Waals surface area (Å²) < 4.78 is 0. The number of hydrogen-bond donors (Lipinski definition) is 2. The van der Waals surface area contributed by atoms with Crippen molar-refractivity contribution in [3.05, 3.63) is 0 Å². The minimum Gasteiger partial charge on any atom is -0.480 e. The number of nitrogens with one attached hydrogen (secondary N) is 1. The highest BCUT2D eigenvalue weighted by Gasteiger charge is 2.23. The highest BCUT2D eigenvalue weighted by molar-refractivity contribution is 5.82. The highest BCUT2D eigenvalue weighted by Crippen LogP contribution is 2.05. The predicted octanol–water partition coefficient (Wildman–Crippen LogP) is 1.79. The highest BCUT2D eigenvalue weighted by atomic mass is 16.4. The van der Waals surface area contributed by atoms with Gasteiger partial charge in [-0.2, -0.15) is 0 Å². The van der Waals surface area contributed by atoms with Crippen molar-refractivity contribution in [3.63, 3.8) is 0 Å². The molecule has 1 unspecified atom stereocenters. The van der Waals surface area contributed by atoms with Gasteiger partial charge >= 0.3 is 12.0 Å². The molecule has 0 aromatic carbocycles. The van der Waals surface area contributed by atoms with Gasteiger partial charge < -0.3 is 15.3 Å². The molecule has 0 aliphatic rings. The Morgan fingerprint density at radius 3 is 2.00 bits per heavy atom. The van der Waals surface area contributed by atoms with Crippen LogP contribution >= 0.6 is 0 Å². The van der Waals surface area contributed by atoms with Gasteiger partial charge in [0.05, 0.1) is 0 Å². The standard InChI is InChI=1S/C14H24N2O3/c1-6-7-12(13(17)18)15-14(19)16(8-10(2)3)9-11(4)5/h1,10-12H,7-9H2,2-5H3,(H,15,19)(H,17,18). The van der Waals surface area contributed by atoms with Crippen LogP contribution in [0.2, 0.25) is 0 Å². The molecule has 108 valence electrons. The molecule has 0 saturated heterocycles. The Kier molecular flexibility index (Phi) is 7.66. The van der Waals surface area contributed by atoms with Crippen LogP contribution in [0.4, 0.5) is 4.79 Å². The molecular formula is C14H24N2O3. The largest absolute Gasteiger partial charge is 0.480 e. The molecule has 0 aromatic rings. The molecule has 5 nitrogen and oxygen atoms in total. The molecule has 0 aliphatic carbocycles. The number of rotatable bonds is 7. The Labute approximate surface area is 115 Å². The van der Waals surface area contributed by atoms with Gasteiger partial charge in [-0.05, 0) is 11.8 Å². The third kappa shape index (κ3) is 7.35. The lowest BCUT2D eigenvalue weighted by molar-refractivity contribution is -0.139. The number of carbonyl (C=O) groups is 2. The minimum atomic E-state index is -1.11. The van der Waals surface area contributed by atoms with Crippen molar-refractivity contribution in [1.82, 2.24) is 10.2 Å². The van der Waals surface area contributed by atoms with E-state index in [9.17, 15) is 9.59 Å². The van der Waals surface area contributed by atoms with Gasteiger partial charge in [0.25, 0.3) is 0 Å². The maximum Gasteiger partial charge on any atom is 0.327 e. The second kappa shape index (κ2) is 8.41. The molecule has 5 heteroatoms. The van der Waals surface area contributed by atoms with Crippen molar-refractivity contribution in [3.8, 4) is 12.3 Å². The summed E-state index contributed by atoms with van der Waals surface area (Å²) in [4.78, 5) is 24.7. The molecule has 0 rings (SSSR count). The van der Waals surface area contributed by atoms with Crippen molar-refractivity contribution < 1.29 is 14.7 Å². The Morgan fingerprint density at radius 2 is 1.68 bits per heavy atom. The third-order valence-corrected chi connectivity index (χ3v) is 2.38. The Hall–Kier alpha value is -1.70. The van der Waals surface area contributed by atoms with Gasteiger partial charge in [-0.1, -0.05) is 27.7 Å². The van der Waals surface area contributed by atoms with Gasteiger partial charge in [0, 0.05) is 19.5 Å². The summed E-state index contributed by atoms with van der Waals surface area (Å²) >= 11 is 0. The Bertz CT molecular complexity index is 335. The predicted molar refractivity (Wildman–Crippen MR) is 74.7 cm³/mol. The number of carboxylic acid groups (broad SMARTS) is 1. The zero-order valence-electron chi connectivity index (χ0n) is 12.1. The van der Waals surface area contributed by atoms with E-state index in [2.05, 4.69) is 11.2 Å². The van der Waals surface area contributed by atoms with Crippen molar-refractivity contribution in [2.75, 3.05) is 13.1 Å². The normalized spacial score (nSPS) is 12.1. The smallest absolute Gasteiger partial charge is 0.327 e. The van der Waals surface area contributed by atoms with Gasteiger partial charge in [0.2, 0.25) is 0 Å². The van der Waals surface area contributed by atoms with Gasteiger partial charge in [0.15, 0.2) is 0 Å². The lowest BCUT2D eigenvalue weighted by Gasteiger charge is -2.27. The summed E-state index contributed by atoms with van der Waals surface area (Å²) in [7, 11) is 0. The monoisotopic (exact) mass is 268 g/mol. The van der Waals surface area contributed by atoms with E-state index in [1.54, 1.807) is 4.90 Å². The number of hydrogen-bond acceptors (Lipinski definition) is 2. The summed E-state index contributed by atoms with van der Waals surface area (Å²) in [6.07, 6.45) is 5.09. The molecular weight excluding hydrogens is 244 g/mol. The quantitative estimate of drug-likeness (QED) is 0.692. The van der Waals surface area contributed by atoms with Crippen LogP contribution in [0.1, 0.15) is 34.1 Å². The first-order valence-corrected chi connectivity index (χ1v) is 6.49. The van der Waals surface area contributed by atoms with Crippen molar-refractivity contribution in [2.45, 2.75) is 40.2 Å². The van der Waals surface area contributed by atoms with Crippen molar-refractivity contribution in [2.24, 2.45) is 11.8 Å². The SMILES string of the molecule is C#CCC(NC(=O)N(CC(C)C)CC(C)C)C(=O)O. The summed E-state index contributed by atoms with van der Waals surface area (Å²) in [6.45, 7) is 9.22. The first-order valence-electron chi connectivity index (χ1n) is 6.49. The molecule has 0 heterocycles. The van der Waals surface area contributed by atoms with E-state index in [0.29, 0.717) is 24.9 Å². The fourth-order valence-electron chi connectivity index (χ4n) is 1.68. The number of nitrogens with zero attached hydrogens (tertiary/aromatic N) is 1. The molecule has 0 fully saturated rings. The zero-order valence-corrected chi connectivity index (χ0v) is 12.1. The van der Waals surface area contributed by atoms with Crippen LogP contribution in [0.25, 0.3) is 0 Å². The van der Waals surface area contributed by atoms with E-state index in [0.717, 1.165) is 0 Å².